The zero-order chi connectivity index (χ0) is 17.4. The van der Waals surface area contributed by atoms with E-state index in [1.807, 2.05) is 0 Å². The van der Waals surface area contributed by atoms with Gasteiger partial charge < -0.3 is 0 Å². The molecule has 0 aromatic carbocycles. The molecule has 4 rings (SSSR count). The summed E-state index contributed by atoms with van der Waals surface area (Å²) in [5, 5.41) is 9.75. The first-order chi connectivity index (χ1) is 12.2. The van der Waals surface area contributed by atoms with E-state index in [1.165, 1.54) is 70.6 Å². The van der Waals surface area contributed by atoms with Gasteiger partial charge in [0.15, 0.2) is 0 Å². The third kappa shape index (κ3) is 3.07. The van der Waals surface area contributed by atoms with Crippen molar-refractivity contribution in [3.05, 3.63) is 0 Å². The van der Waals surface area contributed by atoms with Gasteiger partial charge in [0, 0.05) is 0 Å². The van der Waals surface area contributed by atoms with Crippen molar-refractivity contribution in [3.63, 3.8) is 0 Å². The molecule has 0 heterocycles. The largest absolute Gasteiger partial charge is 0.198 e. The van der Waals surface area contributed by atoms with Crippen molar-refractivity contribution in [1.29, 1.82) is 5.26 Å². The number of rotatable bonds is 3. The Bertz CT molecular complexity index is 503. The monoisotopic (exact) mass is 341 g/mol. The highest BCUT2D eigenvalue weighted by Crippen LogP contribution is 2.60. The number of hydrogen-bond donors (Lipinski definition) is 0. The van der Waals surface area contributed by atoms with Crippen LogP contribution in [0.1, 0.15) is 97.3 Å². The summed E-state index contributed by atoms with van der Waals surface area (Å²) < 4.78 is 0. The van der Waals surface area contributed by atoms with Gasteiger partial charge in [-0.15, -0.1) is 0 Å². The van der Waals surface area contributed by atoms with Crippen LogP contribution in [0.2, 0.25) is 0 Å². The van der Waals surface area contributed by atoms with Gasteiger partial charge in [-0.2, -0.15) is 5.26 Å². The third-order valence-electron chi connectivity index (χ3n) is 9.41. The molecule has 1 nitrogen and oxygen atoms in total. The Morgan fingerprint density at radius 3 is 2.32 bits per heavy atom. The summed E-state index contributed by atoms with van der Waals surface area (Å²) >= 11 is 0. The van der Waals surface area contributed by atoms with Gasteiger partial charge in [-0.1, -0.05) is 39.5 Å². The van der Waals surface area contributed by atoms with E-state index in [2.05, 4.69) is 19.9 Å². The minimum Gasteiger partial charge on any atom is -0.198 e. The summed E-state index contributed by atoms with van der Waals surface area (Å²) in [4.78, 5) is 0. The normalized spacial score (nSPS) is 49.4. The zero-order valence-electron chi connectivity index (χ0n) is 16.7. The Morgan fingerprint density at radius 1 is 0.840 bits per heavy atom. The first-order valence-corrected chi connectivity index (χ1v) is 11.6. The molecule has 0 aliphatic heterocycles. The molecule has 4 aliphatic rings. The van der Waals surface area contributed by atoms with Gasteiger partial charge in [0.1, 0.15) is 0 Å². The molecular formula is C24H39N. The highest BCUT2D eigenvalue weighted by Gasteiger charge is 2.52. The summed E-state index contributed by atoms with van der Waals surface area (Å²) in [6.07, 6.45) is 18.3. The first-order valence-electron chi connectivity index (χ1n) is 11.6. The van der Waals surface area contributed by atoms with Crippen LogP contribution >= 0.6 is 0 Å². The van der Waals surface area contributed by atoms with Crippen LogP contribution in [0.5, 0.6) is 0 Å². The van der Waals surface area contributed by atoms with Crippen LogP contribution in [0.4, 0.5) is 0 Å². The molecule has 0 aromatic rings. The van der Waals surface area contributed by atoms with Gasteiger partial charge in [0.25, 0.3) is 0 Å². The van der Waals surface area contributed by atoms with Crippen LogP contribution in [-0.4, -0.2) is 0 Å². The molecule has 1 heteroatoms. The topological polar surface area (TPSA) is 23.8 Å². The Hall–Kier alpha value is -0.510. The Balaban J connectivity index is 1.48. The Morgan fingerprint density at radius 2 is 1.56 bits per heavy atom. The molecule has 4 fully saturated rings. The van der Waals surface area contributed by atoms with Crippen molar-refractivity contribution in [1.82, 2.24) is 0 Å². The van der Waals surface area contributed by atoms with Gasteiger partial charge in [0.05, 0.1) is 11.5 Å². The van der Waals surface area contributed by atoms with E-state index in [-0.39, 0.29) is 5.41 Å². The highest BCUT2D eigenvalue weighted by atomic mass is 14.6. The van der Waals surface area contributed by atoms with E-state index in [4.69, 9.17) is 0 Å². The molecule has 0 radical (unpaired) electrons. The van der Waals surface area contributed by atoms with Crippen molar-refractivity contribution in [3.8, 4) is 6.07 Å². The van der Waals surface area contributed by atoms with Gasteiger partial charge in [-0.25, -0.2) is 0 Å². The minimum atomic E-state index is 0.0300. The number of hydrogen-bond acceptors (Lipinski definition) is 1. The lowest BCUT2D eigenvalue weighted by Crippen LogP contribution is -2.49. The molecule has 0 aromatic heterocycles. The predicted octanol–water partition coefficient (Wildman–Crippen LogP) is 6.98. The number of nitrogens with zero attached hydrogens (tertiary/aromatic N) is 1. The van der Waals surface area contributed by atoms with Crippen molar-refractivity contribution in [2.75, 3.05) is 0 Å². The molecule has 0 N–H and O–H groups in total. The predicted molar refractivity (Wildman–Crippen MR) is 104 cm³/mol. The second-order valence-electron chi connectivity index (χ2n) is 10.2. The Labute approximate surface area is 156 Å². The van der Waals surface area contributed by atoms with E-state index in [9.17, 15) is 5.26 Å². The zero-order valence-corrected chi connectivity index (χ0v) is 16.7. The van der Waals surface area contributed by atoms with Crippen LogP contribution in [-0.2, 0) is 0 Å². The molecule has 25 heavy (non-hydrogen) atoms. The van der Waals surface area contributed by atoms with Gasteiger partial charge >= 0.3 is 0 Å². The van der Waals surface area contributed by atoms with E-state index in [1.54, 1.807) is 6.42 Å². The third-order valence-corrected chi connectivity index (χ3v) is 9.41. The summed E-state index contributed by atoms with van der Waals surface area (Å²) in [6, 6.07) is 2.74. The van der Waals surface area contributed by atoms with E-state index in [0.717, 1.165) is 47.8 Å². The lowest BCUT2D eigenvalue weighted by atomic mass is 9.48. The molecule has 0 amide bonds. The maximum atomic E-state index is 9.75. The van der Waals surface area contributed by atoms with E-state index >= 15 is 0 Å². The van der Waals surface area contributed by atoms with E-state index in [0.29, 0.717) is 0 Å². The molecule has 0 saturated heterocycles. The fraction of sp³-hybridized carbons (Fsp3) is 0.958. The van der Waals surface area contributed by atoms with Crippen LogP contribution < -0.4 is 0 Å². The lowest BCUT2D eigenvalue weighted by molar-refractivity contribution is -0.0711. The molecule has 0 spiro atoms. The van der Waals surface area contributed by atoms with Crippen molar-refractivity contribution in [2.24, 2.45) is 46.8 Å². The average molecular weight is 342 g/mol. The Kier molecular flexibility index (Phi) is 5.18. The summed E-state index contributed by atoms with van der Waals surface area (Å²) in [7, 11) is 0. The standard InChI is InChI=1S/C24H39N/c1-3-6-17-7-5-8-21-19(17)11-12-22-20-13-14-24(4-2,16-25)15-18(20)9-10-23(21)22/h17-23H,3-15H2,1-2H3/t17-,18?,19?,20?,21?,22?,23?,24-/m1/s1. The van der Waals surface area contributed by atoms with Crippen molar-refractivity contribution < 1.29 is 0 Å². The molecule has 4 aliphatic carbocycles. The number of fused-ring (bicyclic) bond motifs is 5. The van der Waals surface area contributed by atoms with Crippen LogP contribution in [0.25, 0.3) is 0 Å². The van der Waals surface area contributed by atoms with Crippen molar-refractivity contribution in [2.45, 2.75) is 97.3 Å². The maximum Gasteiger partial charge on any atom is 0.0689 e. The second-order valence-corrected chi connectivity index (χ2v) is 10.2. The molecular weight excluding hydrogens is 302 g/mol. The smallest absolute Gasteiger partial charge is 0.0689 e. The van der Waals surface area contributed by atoms with Gasteiger partial charge in [-0.05, 0) is 99.2 Å². The fourth-order valence-electron chi connectivity index (χ4n) is 8.20. The average Bonchev–Trinajstić information content (AvgIpc) is 2.67. The quantitative estimate of drug-likeness (QED) is 0.543. The summed E-state index contributed by atoms with van der Waals surface area (Å²) in [5.41, 5.74) is 0.0300. The van der Waals surface area contributed by atoms with Gasteiger partial charge in [-0.3, -0.25) is 0 Å². The minimum absolute atomic E-state index is 0.0300. The molecule has 6 unspecified atom stereocenters. The SMILES string of the molecule is CCC[C@@H]1CCCC2C3CCC4C[C@@](C#N)(CC)CCC4C3CCC21. The molecule has 4 saturated carbocycles. The lowest BCUT2D eigenvalue weighted by Gasteiger charge is -2.57. The first kappa shape index (κ1) is 17.9. The maximum absolute atomic E-state index is 9.75. The van der Waals surface area contributed by atoms with Crippen LogP contribution in [0.15, 0.2) is 0 Å². The molecule has 0 bridgehead atoms. The van der Waals surface area contributed by atoms with Gasteiger partial charge in [0.2, 0.25) is 0 Å². The molecule has 8 atom stereocenters. The fourth-order valence-corrected chi connectivity index (χ4v) is 8.20. The van der Waals surface area contributed by atoms with Crippen molar-refractivity contribution >= 4 is 0 Å². The summed E-state index contributed by atoms with van der Waals surface area (Å²) in [6.45, 7) is 4.63. The number of nitriles is 1. The molecule has 140 valence electrons. The van der Waals surface area contributed by atoms with Crippen LogP contribution in [0, 0.1) is 58.2 Å². The second kappa shape index (κ2) is 7.25. The highest BCUT2D eigenvalue weighted by molar-refractivity contribution is 5.07. The van der Waals surface area contributed by atoms with E-state index < -0.39 is 0 Å². The van der Waals surface area contributed by atoms with Crippen LogP contribution in [0.3, 0.4) is 0 Å². The summed E-state index contributed by atoms with van der Waals surface area (Å²) in [5.74, 6) is 7.12.